The fraction of sp³-hybridized carbons (Fsp3) is 0.278. The van der Waals surface area contributed by atoms with Gasteiger partial charge in [-0.05, 0) is 48.8 Å². The lowest BCUT2D eigenvalue weighted by molar-refractivity contribution is 0.0633. The second-order valence-electron chi connectivity index (χ2n) is 6.01. The van der Waals surface area contributed by atoms with E-state index in [1.54, 1.807) is 11.0 Å². The number of carbonyl (C=O) groups is 1. The van der Waals surface area contributed by atoms with E-state index in [2.05, 4.69) is 26.1 Å². The van der Waals surface area contributed by atoms with Gasteiger partial charge in [0.2, 0.25) is 17.5 Å². The molecule has 0 unspecified atom stereocenters. The number of carbonyl (C=O) groups excluding carboxylic acids is 1. The van der Waals surface area contributed by atoms with E-state index < -0.39 is 0 Å². The van der Waals surface area contributed by atoms with E-state index in [0.717, 1.165) is 11.1 Å². The van der Waals surface area contributed by atoms with Gasteiger partial charge in [0.25, 0.3) is 5.91 Å². The molecule has 7 heteroatoms. The van der Waals surface area contributed by atoms with Crippen molar-refractivity contribution in [3.05, 3.63) is 58.3 Å². The molecule has 0 radical (unpaired) electrons. The van der Waals surface area contributed by atoms with Crippen LogP contribution < -0.4 is 0 Å². The number of halogens is 1. The number of amides is 1. The molecule has 25 heavy (non-hydrogen) atoms. The predicted molar refractivity (Wildman–Crippen MR) is 95.9 cm³/mol. The molecule has 0 N–H and O–H groups in total. The first-order valence-electron chi connectivity index (χ1n) is 7.89. The van der Waals surface area contributed by atoms with E-state index >= 15 is 0 Å². The van der Waals surface area contributed by atoms with Crippen molar-refractivity contribution in [2.45, 2.75) is 33.4 Å². The van der Waals surface area contributed by atoms with Gasteiger partial charge in [-0.3, -0.25) is 4.79 Å². The Labute approximate surface area is 154 Å². The number of hydrogen-bond donors (Lipinski definition) is 0. The molecule has 0 saturated carbocycles. The van der Waals surface area contributed by atoms with Gasteiger partial charge in [0.1, 0.15) is 6.54 Å². The number of rotatable bonds is 5. The summed E-state index contributed by atoms with van der Waals surface area (Å²) in [4.78, 5) is 18.7. The molecular formula is C18H18BrN3O3. The minimum atomic E-state index is -0.234. The summed E-state index contributed by atoms with van der Waals surface area (Å²) in [7, 11) is 0. The van der Waals surface area contributed by atoms with Crippen molar-refractivity contribution < 1.29 is 13.7 Å². The van der Waals surface area contributed by atoms with Gasteiger partial charge < -0.3 is 13.8 Å². The summed E-state index contributed by atoms with van der Waals surface area (Å²) < 4.78 is 11.2. The molecule has 1 aromatic carbocycles. The zero-order valence-electron chi connectivity index (χ0n) is 14.2. The minimum Gasteiger partial charge on any atom is -0.458 e. The van der Waals surface area contributed by atoms with E-state index in [1.807, 2.05) is 45.0 Å². The molecular weight excluding hydrogens is 386 g/mol. The molecule has 3 rings (SSSR count). The van der Waals surface area contributed by atoms with Crippen LogP contribution in [0.25, 0.3) is 11.4 Å². The molecule has 3 aromatic rings. The van der Waals surface area contributed by atoms with Crippen molar-refractivity contribution in [1.82, 2.24) is 15.0 Å². The third-order valence-electron chi connectivity index (χ3n) is 3.75. The molecule has 0 bridgehead atoms. The number of nitrogens with zero attached hydrogens (tertiary/aromatic N) is 3. The van der Waals surface area contributed by atoms with Gasteiger partial charge in [-0.1, -0.05) is 28.9 Å². The smallest absolute Gasteiger partial charge is 0.291 e. The van der Waals surface area contributed by atoms with Crippen LogP contribution in [0.3, 0.4) is 0 Å². The summed E-state index contributed by atoms with van der Waals surface area (Å²) in [6, 6.07) is 9.49. The van der Waals surface area contributed by atoms with Crippen molar-refractivity contribution in [2.75, 3.05) is 0 Å². The SMILES string of the molecule is Cc1cccc(-c2noc(CN(C(=O)c3occc3Br)C(C)C)n2)c1. The van der Waals surface area contributed by atoms with Crippen LogP contribution in [0.1, 0.15) is 35.9 Å². The van der Waals surface area contributed by atoms with E-state index in [9.17, 15) is 4.79 Å². The molecule has 1 amide bonds. The Morgan fingerprint density at radius 3 is 2.76 bits per heavy atom. The van der Waals surface area contributed by atoms with Gasteiger partial charge in [0.15, 0.2) is 0 Å². The summed E-state index contributed by atoms with van der Waals surface area (Å²) >= 11 is 3.32. The predicted octanol–water partition coefficient (Wildman–Crippen LogP) is 4.45. The van der Waals surface area contributed by atoms with E-state index in [1.165, 1.54) is 6.26 Å². The maximum absolute atomic E-state index is 12.7. The average Bonchev–Trinajstić information content (AvgIpc) is 3.20. The molecule has 130 valence electrons. The van der Waals surface area contributed by atoms with Gasteiger partial charge in [0, 0.05) is 11.6 Å². The second kappa shape index (κ2) is 7.23. The topological polar surface area (TPSA) is 72.4 Å². The summed E-state index contributed by atoms with van der Waals surface area (Å²) in [6.45, 7) is 6.06. The highest BCUT2D eigenvalue weighted by molar-refractivity contribution is 9.10. The Bertz CT molecular complexity index is 885. The molecule has 0 aliphatic carbocycles. The van der Waals surface area contributed by atoms with Crippen LogP contribution in [0.5, 0.6) is 0 Å². The van der Waals surface area contributed by atoms with Crippen LogP contribution in [0.2, 0.25) is 0 Å². The summed E-state index contributed by atoms with van der Waals surface area (Å²) in [5.74, 6) is 0.907. The van der Waals surface area contributed by atoms with Crippen molar-refractivity contribution in [2.24, 2.45) is 0 Å². The van der Waals surface area contributed by atoms with Gasteiger partial charge in [0.05, 0.1) is 10.7 Å². The maximum atomic E-state index is 12.7. The third-order valence-corrected chi connectivity index (χ3v) is 4.37. The fourth-order valence-corrected chi connectivity index (χ4v) is 2.80. The van der Waals surface area contributed by atoms with E-state index in [4.69, 9.17) is 8.94 Å². The standard InChI is InChI=1S/C18H18BrN3O3/c1-11(2)22(18(23)16-14(19)7-8-24-16)10-15-20-17(21-25-15)13-6-4-5-12(3)9-13/h4-9,11H,10H2,1-3H3. The van der Waals surface area contributed by atoms with Gasteiger partial charge in [-0.2, -0.15) is 4.98 Å². The number of furan rings is 1. The third kappa shape index (κ3) is 3.82. The Hall–Kier alpha value is -2.41. The Balaban J connectivity index is 1.82. The molecule has 0 spiro atoms. The first kappa shape index (κ1) is 17.4. The summed E-state index contributed by atoms with van der Waals surface area (Å²) in [5.41, 5.74) is 2.00. The highest BCUT2D eigenvalue weighted by atomic mass is 79.9. The molecule has 0 saturated heterocycles. The monoisotopic (exact) mass is 403 g/mol. The highest BCUT2D eigenvalue weighted by Crippen LogP contribution is 2.22. The van der Waals surface area contributed by atoms with Gasteiger partial charge in [-0.15, -0.1) is 0 Å². The molecule has 6 nitrogen and oxygen atoms in total. The molecule has 0 fully saturated rings. The largest absolute Gasteiger partial charge is 0.458 e. The number of aryl methyl sites for hydroxylation is 1. The highest BCUT2D eigenvalue weighted by Gasteiger charge is 2.25. The molecule has 0 aliphatic rings. The zero-order chi connectivity index (χ0) is 18.0. The lowest BCUT2D eigenvalue weighted by Crippen LogP contribution is -2.36. The Morgan fingerprint density at radius 2 is 2.12 bits per heavy atom. The van der Waals surface area contributed by atoms with Crippen LogP contribution in [0.15, 0.2) is 50.0 Å². The average molecular weight is 404 g/mol. The molecule has 0 atom stereocenters. The van der Waals surface area contributed by atoms with Crippen LogP contribution in [-0.2, 0) is 6.54 Å². The quantitative estimate of drug-likeness (QED) is 0.628. The van der Waals surface area contributed by atoms with Crippen molar-refractivity contribution in [1.29, 1.82) is 0 Å². The van der Waals surface area contributed by atoms with Crippen molar-refractivity contribution in [3.8, 4) is 11.4 Å². The van der Waals surface area contributed by atoms with Crippen LogP contribution >= 0.6 is 15.9 Å². The van der Waals surface area contributed by atoms with E-state index in [-0.39, 0.29) is 24.3 Å². The Kier molecular flexibility index (Phi) is 5.03. The number of hydrogen-bond acceptors (Lipinski definition) is 5. The van der Waals surface area contributed by atoms with Gasteiger partial charge in [-0.25, -0.2) is 0 Å². The summed E-state index contributed by atoms with van der Waals surface area (Å²) in [6.07, 6.45) is 1.47. The number of aromatic nitrogens is 2. The van der Waals surface area contributed by atoms with Gasteiger partial charge >= 0.3 is 0 Å². The lowest BCUT2D eigenvalue weighted by atomic mass is 10.1. The molecule has 2 heterocycles. The van der Waals surface area contributed by atoms with Crippen LogP contribution in [-0.4, -0.2) is 27.0 Å². The summed E-state index contributed by atoms with van der Waals surface area (Å²) in [5, 5.41) is 4.02. The first-order chi connectivity index (χ1) is 12.0. The zero-order valence-corrected chi connectivity index (χ0v) is 15.8. The van der Waals surface area contributed by atoms with E-state index in [0.29, 0.717) is 16.2 Å². The minimum absolute atomic E-state index is 0.0566. The first-order valence-corrected chi connectivity index (χ1v) is 8.68. The number of benzene rings is 1. The normalized spacial score (nSPS) is 11.1. The lowest BCUT2D eigenvalue weighted by Gasteiger charge is -2.24. The molecule has 2 aromatic heterocycles. The maximum Gasteiger partial charge on any atom is 0.291 e. The second-order valence-corrected chi connectivity index (χ2v) is 6.86. The van der Waals surface area contributed by atoms with Crippen molar-refractivity contribution in [3.63, 3.8) is 0 Å². The van der Waals surface area contributed by atoms with Crippen LogP contribution in [0.4, 0.5) is 0 Å². The van der Waals surface area contributed by atoms with Crippen LogP contribution in [0, 0.1) is 6.92 Å². The fourth-order valence-electron chi connectivity index (χ4n) is 2.43. The molecule has 0 aliphatic heterocycles. The Morgan fingerprint density at radius 1 is 1.32 bits per heavy atom. The van der Waals surface area contributed by atoms with Crippen molar-refractivity contribution >= 4 is 21.8 Å².